The lowest BCUT2D eigenvalue weighted by Crippen LogP contribution is -2.09. The number of ether oxygens (including phenoxy) is 2. The van der Waals surface area contributed by atoms with Crippen molar-refractivity contribution in [1.82, 2.24) is 9.97 Å². The highest BCUT2D eigenvalue weighted by atomic mass is 16.5. The summed E-state index contributed by atoms with van der Waals surface area (Å²) in [5, 5.41) is 0. The fraction of sp³-hybridized carbons (Fsp3) is 0.143. The SMILES string of the molecule is COC(=O)c1cc(C(=O)OC)nc(-c2ccccn2)c1. The van der Waals surface area contributed by atoms with Crippen molar-refractivity contribution in [1.29, 1.82) is 0 Å². The molecule has 20 heavy (non-hydrogen) atoms. The van der Waals surface area contributed by atoms with Crippen molar-refractivity contribution in [3.8, 4) is 11.4 Å². The van der Waals surface area contributed by atoms with E-state index >= 15 is 0 Å². The predicted octanol–water partition coefficient (Wildman–Crippen LogP) is 1.72. The van der Waals surface area contributed by atoms with Crippen LogP contribution in [0.2, 0.25) is 0 Å². The summed E-state index contributed by atoms with van der Waals surface area (Å²) in [4.78, 5) is 31.5. The molecule has 0 aliphatic rings. The Bertz CT molecular complexity index is 607. The van der Waals surface area contributed by atoms with Crippen LogP contribution in [0.25, 0.3) is 11.4 Å². The van der Waals surface area contributed by atoms with Gasteiger partial charge >= 0.3 is 11.9 Å². The Morgan fingerprint density at radius 1 is 1.00 bits per heavy atom. The monoisotopic (exact) mass is 272 g/mol. The van der Waals surface area contributed by atoms with Gasteiger partial charge in [-0.15, -0.1) is 0 Å². The first-order valence-corrected chi connectivity index (χ1v) is 5.76. The molecule has 0 N–H and O–H groups in total. The first kappa shape index (κ1) is 13.7. The zero-order valence-corrected chi connectivity index (χ0v) is 11.0. The van der Waals surface area contributed by atoms with Crippen LogP contribution >= 0.6 is 0 Å². The highest BCUT2D eigenvalue weighted by molar-refractivity contribution is 5.95. The van der Waals surface area contributed by atoms with Crippen molar-refractivity contribution in [3.63, 3.8) is 0 Å². The maximum Gasteiger partial charge on any atom is 0.356 e. The standard InChI is InChI=1S/C14H12N2O4/c1-19-13(17)9-7-11(10-5-3-4-6-15-10)16-12(8-9)14(18)20-2/h3-8H,1-2H3. The lowest BCUT2D eigenvalue weighted by atomic mass is 10.1. The van der Waals surface area contributed by atoms with Gasteiger partial charge in [0.1, 0.15) is 5.69 Å². The number of esters is 2. The molecule has 0 saturated carbocycles. The molecule has 0 spiro atoms. The molecule has 2 aromatic heterocycles. The van der Waals surface area contributed by atoms with E-state index in [0.29, 0.717) is 11.4 Å². The van der Waals surface area contributed by atoms with Crippen molar-refractivity contribution in [2.45, 2.75) is 0 Å². The fourth-order valence-corrected chi connectivity index (χ4v) is 1.62. The topological polar surface area (TPSA) is 78.4 Å². The molecule has 102 valence electrons. The summed E-state index contributed by atoms with van der Waals surface area (Å²) < 4.78 is 9.28. The van der Waals surface area contributed by atoms with Crippen molar-refractivity contribution in [2.75, 3.05) is 14.2 Å². The molecule has 0 radical (unpaired) electrons. The second kappa shape index (κ2) is 5.92. The number of rotatable bonds is 3. The van der Waals surface area contributed by atoms with Gasteiger partial charge in [0.15, 0.2) is 0 Å². The van der Waals surface area contributed by atoms with Gasteiger partial charge in [0.05, 0.1) is 31.2 Å². The Morgan fingerprint density at radius 2 is 1.75 bits per heavy atom. The van der Waals surface area contributed by atoms with Gasteiger partial charge in [-0.3, -0.25) is 4.98 Å². The zero-order valence-electron chi connectivity index (χ0n) is 11.0. The van der Waals surface area contributed by atoms with E-state index in [9.17, 15) is 9.59 Å². The summed E-state index contributed by atoms with van der Waals surface area (Å²) in [6.45, 7) is 0. The molecule has 0 amide bonds. The van der Waals surface area contributed by atoms with Crippen LogP contribution in [0, 0.1) is 0 Å². The third-order valence-corrected chi connectivity index (χ3v) is 2.57. The summed E-state index contributed by atoms with van der Waals surface area (Å²) in [5.41, 5.74) is 1.18. The molecule has 6 heteroatoms. The van der Waals surface area contributed by atoms with E-state index < -0.39 is 11.9 Å². The van der Waals surface area contributed by atoms with E-state index in [4.69, 9.17) is 0 Å². The average molecular weight is 272 g/mol. The number of hydrogen-bond donors (Lipinski definition) is 0. The van der Waals surface area contributed by atoms with Gasteiger partial charge in [-0.1, -0.05) is 6.07 Å². The lowest BCUT2D eigenvalue weighted by Gasteiger charge is -2.06. The largest absolute Gasteiger partial charge is 0.465 e. The number of nitrogens with zero attached hydrogens (tertiary/aromatic N) is 2. The maximum atomic E-state index is 11.6. The molecule has 0 saturated heterocycles. The molecule has 2 rings (SSSR count). The van der Waals surface area contributed by atoms with E-state index in [1.54, 1.807) is 24.4 Å². The second-order valence-electron chi connectivity index (χ2n) is 3.82. The molecule has 0 bridgehead atoms. The Kier molecular flexibility index (Phi) is 4.05. The van der Waals surface area contributed by atoms with Crippen molar-refractivity contribution in [2.24, 2.45) is 0 Å². The molecular weight excluding hydrogens is 260 g/mol. The third-order valence-electron chi connectivity index (χ3n) is 2.57. The van der Waals surface area contributed by atoms with Gasteiger partial charge in [0.25, 0.3) is 0 Å². The highest BCUT2D eigenvalue weighted by Gasteiger charge is 2.16. The third kappa shape index (κ3) is 2.80. The summed E-state index contributed by atoms with van der Waals surface area (Å²) in [6, 6.07) is 8.11. The van der Waals surface area contributed by atoms with E-state index in [0.717, 1.165) is 0 Å². The smallest absolute Gasteiger partial charge is 0.356 e. The van der Waals surface area contributed by atoms with Gasteiger partial charge < -0.3 is 9.47 Å². The molecule has 0 aliphatic carbocycles. The van der Waals surface area contributed by atoms with Gasteiger partial charge in [0.2, 0.25) is 0 Å². The quantitative estimate of drug-likeness (QED) is 0.791. The van der Waals surface area contributed by atoms with Crippen LogP contribution < -0.4 is 0 Å². The first-order chi connectivity index (χ1) is 9.65. The van der Waals surface area contributed by atoms with E-state index in [1.807, 2.05) is 0 Å². The summed E-state index contributed by atoms with van der Waals surface area (Å²) in [6.07, 6.45) is 1.60. The van der Waals surface area contributed by atoms with E-state index in [2.05, 4.69) is 19.4 Å². The van der Waals surface area contributed by atoms with Gasteiger partial charge in [0, 0.05) is 6.20 Å². The van der Waals surface area contributed by atoms with Crippen molar-refractivity contribution < 1.29 is 19.1 Å². The first-order valence-electron chi connectivity index (χ1n) is 5.76. The Hall–Kier alpha value is -2.76. The minimum absolute atomic E-state index is 0.0241. The summed E-state index contributed by atoms with van der Waals surface area (Å²) in [5.74, 6) is -1.19. The maximum absolute atomic E-state index is 11.6. The molecular formula is C14H12N2O4. The van der Waals surface area contributed by atoms with Gasteiger partial charge in [-0.2, -0.15) is 0 Å². The van der Waals surface area contributed by atoms with Crippen molar-refractivity contribution in [3.05, 3.63) is 47.8 Å². The number of pyridine rings is 2. The summed E-state index contributed by atoms with van der Waals surface area (Å²) in [7, 11) is 2.51. The molecule has 0 aliphatic heterocycles. The molecule has 0 atom stereocenters. The number of methoxy groups -OCH3 is 2. The number of carbonyl (C=O) groups is 2. The molecule has 0 unspecified atom stereocenters. The molecule has 2 heterocycles. The number of hydrogen-bond acceptors (Lipinski definition) is 6. The van der Waals surface area contributed by atoms with Crippen LogP contribution in [-0.4, -0.2) is 36.1 Å². The van der Waals surface area contributed by atoms with Crippen LogP contribution in [0.15, 0.2) is 36.5 Å². The van der Waals surface area contributed by atoms with E-state index in [-0.39, 0.29) is 11.3 Å². The number of aromatic nitrogens is 2. The lowest BCUT2D eigenvalue weighted by molar-refractivity contribution is 0.0593. The van der Waals surface area contributed by atoms with Crippen LogP contribution in [0.1, 0.15) is 20.8 Å². The minimum atomic E-state index is -0.632. The molecule has 6 nitrogen and oxygen atoms in total. The van der Waals surface area contributed by atoms with Crippen LogP contribution in [0.4, 0.5) is 0 Å². The van der Waals surface area contributed by atoms with Crippen LogP contribution in [-0.2, 0) is 9.47 Å². The average Bonchev–Trinajstić information content (AvgIpc) is 2.53. The molecule has 0 aromatic carbocycles. The number of carbonyl (C=O) groups excluding carboxylic acids is 2. The second-order valence-corrected chi connectivity index (χ2v) is 3.82. The molecule has 0 fully saturated rings. The van der Waals surface area contributed by atoms with Gasteiger partial charge in [-0.05, 0) is 24.3 Å². The highest BCUT2D eigenvalue weighted by Crippen LogP contribution is 2.18. The zero-order chi connectivity index (χ0) is 14.5. The Balaban J connectivity index is 2.57. The molecule has 2 aromatic rings. The predicted molar refractivity (Wildman–Crippen MR) is 70.1 cm³/mol. The van der Waals surface area contributed by atoms with Crippen LogP contribution in [0.5, 0.6) is 0 Å². The fourth-order valence-electron chi connectivity index (χ4n) is 1.62. The Morgan fingerprint density at radius 3 is 2.35 bits per heavy atom. The van der Waals surface area contributed by atoms with Crippen molar-refractivity contribution >= 4 is 11.9 Å². The van der Waals surface area contributed by atoms with Gasteiger partial charge in [-0.25, -0.2) is 14.6 Å². The summed E-state index contributed by atoms with van der Waals surface area (Å²) >= 11 is 0. The normalized spacial score (nSPS) is 9.90. The van der Waals surface area contributed by atoms with Crippen LogP contribution in [0.3, 0.4) is 0 Å². The minimum Gasteiger partial charge on any atom is -0.465 e. The Labute approximate surface area is 115 Å². The van der Waals surface area contributed by atoms with E-state index in [1.165, 1.54) is 26.4 Å².